The van der Waals surface area contributed by atoms with Crippen LogP contribution in [0.15, 0.2) is 45.1 Å². The third-order valence-electron chi connectivity index (χ3n) is 1.89. The highest BCUT2D eigenvalue weighted by Crippen LogP contribution is 2.31. The fourth-order valence-corrected chi connectivity index (χ4v) is 3.87. The number of thioether (sulfide) groups is 1. The molecule has 0 radical (unpaired) electrons. The minimum Gasteiger partial charge on any atom is -0.206 e. The topological polar surface area (TPSA) is 0 Å². The van der Waals surface area contributed by atoms with E-state index in [4.69, 9.17) is 0 Å². The van der Waals surface area contributed by atoms with Crippen LogP contribution in [0.4, 0.5) is 4.39 Å². The van der Waals surface area contributed by atoms with Crippen molar-refractivity contribution < 1.29 is 4.39 Å². The zero-order valence-electron chi connectivity index (χ0n) is 7.74. The third-order valence-corrected chi connectivity index (χ3v) is 5.07. The Balaban J connectivity index is 2.06. The lowest BCUT2D eigenvalue weighted by Gasteiger charge is -2.01. The van der Waals surface area contributed by atoms with Gasteiger partial charge in [0.2, 0.25) is 0 Å². The number of thiophene rings is 1. The van der Waals surface area contributed by atoms with Gasteiger partial charge < -0.3 is 0 Å². The van der Waals surface area contributed by atoms with Crippen LogP contribution in [0, 0.1) is 5.82 Å². The van der Waals surface area contributed by atoms with Gasteiger partial charge in [-0.2, -0.15) is 0 Å². The van der Waals surface area contributed by atoms with Crippen molar-refractivity contribution in [3.8, 4) is 0 Å². The fraction of sp³-hybridized carbons (Fsp3) is 0.0909. The maximum atomic E-state index is 13.3. The lowest BCUT2D eigenvalue weighted by Crippen LogP contribution is -1.81. The van der Waals surface area contributed by atoms with E-state index in [1.54, 1.807) is 17.4 Å². The van der Waals surface area contributed by atoms with Crippen molar-refractivity contribution in [2.75, 3.05) is 0 Å². The SMILES string of the molecule is Fc1ccccc1SCc1sccc1Br. The van der Waals surface area contributed by atoms with Gasteiger partial charge >= 0.3 is 0 Å². The second-order valence-corrected chi connectivity index (χ2v) is 5.78. The Morgan fingerprint density at radius 1 is 1.27 bits per heavy atom. The molecule has 1 heterocycles. The molecule has 0 spiro atoms. The molecule has 0 aliphatic carbocycles. The van der Waals surface area contributed by atoms with E-state index in [1.807, 2.05) is 23.6 Å². The molecule has 0 amide bonds. The summed E-state index contributed by atoms with van der Waals surface area (Å²) in [5, 5.41) is 2.03. The van der Waals surface area contributed by atoms with E-state index in [9.17, 15) is 4.39 Å². The van der Waals surface area contributed by atoms with Crippen molar-refractivity contribution in [3.05, 3.63) is 50.9 Å². The summed E-state index contributed by atoms with van der Waals surface area (Å²) < 4.78 is 14.4. The van der Waals surface area contributed by atoms with Gasteiger partial charge in [0.25, 0.3) is 0 Å². The largest absolute Gasteiger partial charge is 0.206 e. The highest BCUT2D eigenvalue weighted by atomic mass is 79.9. The molecule has 0 saturated carbocycles. The molecular formula is C11H8BrFS2. The molecule has 1 aromatic heterocycles. The standard InChI is InChI=1S/C11H8BrFS2/c12-8-5-6-14-11(8)7-15-10-4-2-1-3-9(10)13/h1-6H,7H2. The van der Waals surface area contributed by atoms with Gasteiger partial charge in [-0.1, -0.05) is 12.1 Å². The molecule has 78 valence electrons. The zero-order valence-corrected chi connectivity index (χ0v) is 11.0. The summed E-state index contributed by atoms with van der Waals surface area (Å²) in [6.07, 6.45) is 0. The molecule has 0 atom stereocenters. The molecule has 0 fully saturated rings. The van der Waals surface area contributed by atoms with E-state index in [2.05, 4.69) is 15.9 Å². The average molecular weight is 303 g/mol. The molecular weight excluding hydrogens is 295 g/mol. The molecule has 1 aromatic carbocycles. The number of halogens is 2. The summed E-state index contributed by atoms with van der Waals surface area (Å²) in [4.78, 5) is 1.95. The second kappa shape index (κ2) is 5.14. The van der Waals surface area contributed by atoms with Gasteiger partial charge in [-0.05, 0) is 39.5 Å². The van der Waals surface area contributed by atoms with Gasteiger partial charge in [0.15, 0.2) is 0 Å². The Morgan fingerprint density at radius 2 is 2.07 bits per heavy atom. The van der Waals surface area contributed by atoms with Crippen LogP contribution in [0.5, 0.6) is 0 Å². The Hall–Kier alpha value is -0.320. The van der Waals surface area contributed by atoms with Crippen LogP contribution in [0.2, 0.25) is 0 Å². The average Bonchev–Trinajstić information content (AvgIpc) is 2.63. The van der Waals surface area contributed by atoms with Crippen LogP contribution in [-0.4, -0.2) is 0 Å². The quantitative estimate of drug-likeness (QED) is 0.724. The molecule has 0 saturated heterocycles. The molecule has 0 unspecified atom stereocenters. The van der Waals surface area contributed by atoms with Gasteiger partial charge in [-0.3, -0.25) is 0 Å². The van der Waals surface area contributed by atoms with E-state index in [1.165, 1.54) is 22.7 Å². The summed E-state index contributed by atoms with van der Waals surface area (Å²) in [6.45, 7) is 0. The van der Waals surface area contributed by atoms with Crippen LogP contribution in [0.3, 0.4) is 0 Å². The van der Waals surface area contributed by atoms with Crippen molar-refractivity contribution in [1.82, 2.24) is 0 Å². The van der Waals surface area contributed by atoms with Crippen LogP contribution in [0.1, 0.15) is 4.88 Å². The van der Waals surface area contributed by atoms with E-state index in [0.717, 1.165) is 10.2 Å². The second-order valence-electron chi connectivity index (χ2n) is 2.91. The lowest BCUT2D eigenvalue weighted by molar-refractivity contribution is 0.602. The first-order valence-corrected chi connectivity index (χ1v) is 7.02. The summed E-state index contributed by atoms with van der Waals surface area (Å²) in [6, 6.07) is 8.88. The summed E-state index contributed by atoms with van der Waals surface area (Å²) in [7, 11) is 0. The number of hydrogen-bond donors (Lipinski definition) is 0. The molecule has 0 N–H and O–H groups in total. The molecule has 4 heteroatoms. The van der Waals surface area contributed by atoms with Crippen LogP contribution in [0.25, 0.3) is 0 Å². The molecule has 0 aliphatic rings. The lowest BCUT2D eigenvalue weighted by atomic mass is 10.3. The van der Waals surface area contributed by atoms with Crippen molar-refractivity contribution in [3.63, 3.8) is 0 Å². The fourth-order valence-electron chi connectivity index (χ4n) is 1.13. The minimum atomic E-state index is -0.143. The summed E-state index contributed by atoms with van der Waals surface area (Å²) >= 11 is 6.67. The van der Waals surface area contributed by atoms with Gasteiger partial charge in [-0.15, -0.1) is 23.1 Å². The molecule has 0 nitrogen and oxygen atoms in total. The Morgan fingerprint density at radius 3 is 2.73 bits per heavy atom. The van der Waals surface area contributed by atoms with Gasteiger partial charge in [-0.25, -0.2) is 4.39 Å². The van der Waals surface area contributed by atoms with Crippen LogP contribution < -0.4 is 0 Å². The normalized spacial score (nSPS) is 10.5. The maximum absolute atomic E-state index is 13.3. The predicted molar refractivity (Wildman–Crippen MR) is 68.0 cm³/mol. The first-order chi connectivity index (χ1) is 7.27. The van der Waals surface area contributed by atoms with E-state index < -0.39 is 0 Å². The number of rotatable bonds is 3. The molecule has 0 aliphatic heterocycles. The smallest absolute Gasteiger partial charge is 0.136 e. The maximum Gasteiger partial charge on any atom is 0.136 e. The van der Waals surface area contributed by atoms with E-state index in [0.29, 0.717) is 4.90 Å². The van der Waals surface area contributed by atoms with E-state index in [-0.39, 0.29) is 5.82 Å². The van der Waals surface area contributed by atoms with Gasteiger partial charge in [0, 0.05) is 20.0 Å². The summed E-state index contributed by atoms with van der Waals surface area (Å²) in [5.41, 5.74) is 0. The molecule has 2 rings (SSSR count). The van der Waals surface area contributed by atoms with Crippen molar-refractivity contribution in [2.24, 2.45) is 0 Å². The Labute approximate surface area is 105 Å². The predicted octanol–water partition coefficient (Wildman–Crippen LogP) is 4.94. The number of benzene rings is 1. The van der Waals surface area contributed by atoms with Crippen molar-refractivity contribution >= 4 is 39.0 Å². The Kier molecular flexibility index (Phi) is 3.83. The van der Waals surface area contributed by atoms with Gasteiger partial charge in [0.05, 0.1) is 0 Å². The third kappa shape index (κ3) is 2.83. The highest BCUT2D eigenvalue weighted by Gasteiger charge is 2.05. The van der Waals surface area contributed by atoms with Crippen molar-refractivity contribution in [2.45, 2.75) is 10.6 Å². The first-order valence-electron chi connectivity index (χ1n) is 4.36. The van der Waals surface area contributed by atoms with Gasteiger partial charge in [0.1, 0.15) is 5.82 Å². The zero-order chi connectivity index (χ0) is 10.7. The minimum absolute atomic E-state index is 0.143. The molecule has 2 aromatic rings. The molecule has 0 bridgehead atoms. The highest BCUT2D eigenvalue weighted by molar-refractivity contribution is 9.10. The Bertz CT molecular complexity index is 453. The summed E-state index contributed by atoms with van der Waals surface area (Å²) in [5.74, 6) is 0.661. The van der Waals surface area contributed by atoms with Crippen molar-refractivity contribution in [1.29, 1.82) is 0 Å². The van der Waals surface area contributed by atoms with Crippen LogP contribution in [-0.2, 0) is 5.75 Å². The number of hydrogen-bond acceptors (Lipinski definition) is 2. The monoisotopic (exact) mass is 302 g/mol. The molecule has 15 heavy (non-hydrogen) atoms. The van der Waals surface area contributed by atoms with E-state index >= 15 is 0 Å². The first kappa shape index (κ1) is 11.2. The van der Waals surface area contributed by atoms with Crippen LogP contribution >= 0.6 is 39.0 Å².